The van der Waals surface area contributed by atoms with Crippen molar-refractivity contribution >= 4 is 5.78 Å². The normalized spacial score (nSPS) is 17.0. The summed E-state index contributed by atoms with van der Waals surface area (Å²) < 4.78 is 7.11. The lowest BCUT2D eigenvalue weighted by Gasteiger charge is -2.15. The van der Waals surface area contributed by atoms with Crippen LogP contribution in [0.25, 0.3) is 0 Å². The Bertz CT molecular complexity index is 673. The number of carbonyl (C=O) groups is 1. The minimum absolute atomic E-state index is 0.0794. The van der Waals surface area contributed by atoms with E-state index < -0.39 is 0 Å². The highest BCUT2D eigenvalue weighted by molar-refractivity contribution is 6.02. The van der Waals surface area contributed by atoms with Crippen LogP contribution in [0.1, 0.15) is 53.8 Å². The van der Waals surface area contributed by atoms with Crippen LogP contribution in [0.4, 0.5) is 0 Å². The lowest BCUT2D eigenvalue weighted by molar-refractivity contribution is 0.0943. The van der Waals surface area contributed by atoms with E-state index in [1.807, 2.05) is 26.0 Å². The van der Waals surface area contributed by atoms with Crippen molar-refractivity contribution in [3.8, 4) is 5.75 Å². The van der Waals surface area contributed by atoms with E-state index in [0.29, 0.717) is 11.4 Å². The molecule has 21 heavy (non-hydrogen) atoms. The van der Waals surface area contributed by atoms with E-state index >= 15 is 0 Å². The van der Waals surface area contributed by atoms with Gasteiger partial charge in [-0.25, -0.2) is 0 Å². The highest BCUT2D eigenvalue weighted by Gasteiger charge is 2.33. The summed E-state index contributed by atoms with van der Waals surface area (Å²) in [7, 11) is 1.58. The van der Waals surface area contributed by atoms with Crippen LogP contribution >= 0.6 is 0 Å². The van der Waals surface area contributed by atoms with E-state index in [0.717, 1.165) is 18.4 Å². The summed E-state index contributed by atoms with van der Waals surface area (Å²) in [4.78, 5) is 13.0. The quantitative estimate of drug-likeness (QED) is 0.808. The third kappa shape index (κ3) is 2.24. The molecule has 0 spiro atoms. The molecule has 0 saturated carbocycles. The predicted octanol–water partition coefficient (Wildman–Crippen LogP) is 3.39. The van der Waals surface area contributed by atoms with E-state index in [9.17, 15) is 4.79 Å². The van der Waals surface area contributed by atoms with Crippen LogP contribution in [0.5, 0.6) is 5.75 Å². The largest absolute Gasteiger partial charge is 0.493 e. The van der Waals surface area contributed by atoms with E-state index in [1.54, 1.807) is 18.0 Å². The number of hydrogen-bond donors (Lipinski definition) is 0. The van der Waals surface area contributed by atoms with Gasteiger partial charge in [-0.3, -0.25) is 9.48 Å². The monoisotopic (exact) mass is 284 g/mol. The number of aromatic nitrogens is 2. The molecule has 1 aliphatic rings. The summed E-state index contributed by atoms with van der Waals surface area (Å²) in [5.41, 5.74) is 3.03. The molecule has 1 aromatic heterocycles. The zero-order chi connectivity index (χ0) is 15.0. The van der Waals surface area contributed by atoms with Crippen LogP contribution in [-0.4, -0.2) is 22.7 Å². The van der Waals surface area contributed by atoms with Gasteiger partial charge in [-0.1, -0.05) is 24.3 Å². The fourth-order valence-electron chi connectivity index (χ4n) is 3.12. The molecule has 4 nitrogen and oxygen atoms in total. The zero-order valence-corrected chi connectivity index (χ0v) is 12.7. The minimum atomic E-state index is -0.0794. The van der Waals surface area contributed by atoms with Crippen molar-refractivity contribution in [2.45, 2.75) is 38.6 Å². The number of benzene rings is 1. The molecule has 0 bridgehead atoms. The highest BCUT2D eigenvalue weighted by atomic mass is 16.5. The standard InChI is InChI=1S/C17H20N2O2/c1-11(2)19-16(15(21-3)10-18-19)17(20)14-9-8-12-6-4-5-7-13(12)14/h4-7,10-11,14H,8-9H2,1-3H3. The van der Waals surface area contributed by atoms with Crippen LogP contribution in [0.15, 0.2) is 30.5 Å². The van der Waals surface area contributed by atoms with Gasteiger partial charge in [-0.15, -0.1) is 0 Å². The maximum absolute atomic E-state index is 13.0. The van der Waals surface area contributed by atoms with Gasteiger partial charge in [-0.05, 0) is 37.8 Å². The Kier molecular flexibility index (Phi) is 3.53. The fraction of sp³-hybridized carbons (Fsp3) is 0.412. The number of rotatable bonds is 4. The van der Waals surface area contributed by atoms with Gasteiger partial charge in [0.25, 0.3) is 0 Å². The van der Waals surface area contributed by atoms with Crippen molar-refractivity contribution in [2.75, 3.05) is 7.11 Å². The number of methoxy groups -OCH3 is 1. The van der Waals surface area contributed by atoms with Crippen molar-refractivity contribution in [3.05, 3.63) is 47.3 Å². The number of ketones is 1. The molecule has 1 heterocycles. The molecule has 3 rings (SSSR count). The number of aryl methyl sites for hydroxylation is 1. The van der Waals surface area contributed by atoms with Crippen molar-refractivity contribution in [1.29, 1.82) is 0 Å². The molecule has 0 aliphatic heterocycles. The number of carbonyl (C=O) groups excluding carboxylic acids is 1. The summed E-state index contributed by atoms with van der Waals surface area (Å²) >= 11 is 0. The molecule has 0 N–H and O–H groups in total. The molecule has 1 atom stereocenters. The number of nitrogens with zero attached hydrogens (tertiary/aromatic N) is 2. The van der Waals surface area contributed by atoms with Crippen molar-refractivity contribution in [1.82, 2.24) is 9.78 Å². The average Bonchev–Trinajstić information content (AvgIpc) is 3.10. The molecule has 1 aliphatic carbocycles. The van der Waals surface area contributed by atoms with Gasteiger partial charge >= 0.3 is 0 Å². The molecule has 0 saturated heterocycles. The summed E-state index contributed by atoms with van der Waals surface area (Å²) in [6, 6.07) is 8.34. The first-order valence-electron chi connectivity index (χ1n) is 7.37. The number of fused-ring (bicyclic) bond motifs is 1. The van der Waals surface area contributed by atoms with Gasteiger partial charge in [0, 0.05) is 12.0 Å². The fourth-order valence-corrected chi connectivity index (χ4v) is 3.12. The SMILES string of the molecule is COc1cnn(C(C)C)c1C(=O)C1CCc2ccccc21. The smallest absolute Gasteiger partial charge is 0.192 e. The summed E-state index contributed by atoms with van der Waals surface area (Å²) in [5.74, 6) is 0.602. The first kappa shape index (κ1) is 13.9. The molecule has 1 aromatic carbocycles. The van der Waals surface area contributed by atoms with E-state index in [2.05, 4.69) is 17.2 Å². The molecular formula is C17H20N2O2. The molecule has 1 unspecified atom stereocenters. The second-order valence-corrected chi connectivity index (χ2v) is 5.75. The Hall–Kier alpha value is -2.10. The maximum atomic E-state index is 13.0. The molecule has 2 aromatic rings. The molecular weight excluding hydrogens is 264 g/mol. The summed E-state index contributed by atoms with van der Waals surface area (Å²) in [5, 5.41) is 4.31. The predicted molar refractivity (Wildman–Crippen MR) is 81.0 cm³/mol. The van der Waals surface area contributed by atoms with Crippen LogP contribution in [-0.2, 0) is 6.42 Å². The lowest BCUT2D eigenvalue weighted by atomic mass is 9.94. The van der Waals surface area contributed by atoms with Crippen molar-refractivity contribution in [3.63, 3.8) is 0 Å². The van der Waals surface area contributed by atoms with Gasteiger partial charge in [0.2, 0.25) is 0 Å². The molecule has 4 heteroatoms. The first-order chi connectivity index (χ1) is 10.1. The maximum Gasteiger partial charge on any atom is 0.192 e. The number of Topliss-reactive ketones (excluding diaryl/α,β-unsaturated/α-hetero) is 1. The van der Waals surface area contributed by atoms with E-state index in [1.165, 1.54) is 5.56 Å². The second-order valence-electron chi connectivity index (χ2n) is 5.75. The van der Waals surface area contributed by atoms with Crippen LogP contribution in [0.3, 0.4) is 0 Å². The topological polar surface area (TPSA) is 44.1 Å². The molecule has 0 amide bonds. The Balaban J connectivity index is 2.02. The van der Waals surface area contributed by atoms with Gasteiger partial charge in [0.15, 0.2) is 11.5 Å². The Morgan fingerprint density at radius 2 is 2.14 bits per heavy atom. The average molecular weight is 284 g/mol. The van der Waals surface area contributed by atoms with E-state index in [-0.39, 0.29) is 17.7 Å². The Morgan fingerprint density at radius 3 is 2.86 bits per heavy atom. The minimum Gasteiger partial charge on any atom is -0.493 e. The third-order valence-corrected chi connectivity index (χ3v) is 4.15. The van der Waals surface area contributed by atoms with Gasteiger partial charge < -0.3 is 4.74 Å². The van der Waals surface area contributed by atoms with Crippen LogP contribution < -0.4 is 4.74 Å². The van der Waals surface area contributed by atoms with Gasteiger partial charge in [0.1, 0.15) is 5.69 Å². The number of hydrogen-bond acceptors (Lipinski definition) is 3. The molecule has 110 valence electrons. The highest BCUT2D eigenvalue weighted by Crippen LogP contribution is 2.37. The number of ether oxygens (including phenoxy) is 1. The Morgan fingerprint density at radius 1 is 1.38 bits per heavy atom. The summed E-state index contributed by atoms with van der Waals surface area (Å²) in [6.45, 7) is 4.04. The van der Waals surface area contributed by atoms with Gasteiger partial charge in [0.05, 0.1) is 13.3 Å². The van der Waals surface area contributed by atoms with E-state index in [4.69, 9.17) is 4.74 Å². The third-order valence-electron chi connectivity index (χ3n) is 4.15. The van der Waals surface area contributed by atoms with Crippen molar-refractivity contribution in [2.24, 2.45) is 0 Å². The second kappa shape index (κ2) is 5.35. The van der Waals surface area contributed by atoms with Crippen molar-refractivity contribution < 1.29 is 9.53 Å². The van der Waals surface area contributed by atoms with Crippen LogP contribution in [0.2, 0.25) is 0 Å². The Labute approximate surface area is 124 Å². The lowest BCUT2D eigenvalue weighted by Crippen LogP contribution is -2.18. The van der Waals surface area contributed by atoms with Crippen LogP contribution in [0, 0.1) is 0 Å². The molecule has 0 radical (unpaired) electrons. The summed E-state index contributed by atoms with van der Waals surface area (Å²) in [6.07, 6.45) is 3.46. The van der Waals surface area contributed by atoms with Gasteiger partial charge in [-0.2, -0.15) is 5.10 Å². The first-order valence-corrected chi connectivity index (χ1v) is 7.37. The molecule has 0 fully saturated rings. The zero-order valence-electron chi connectivity index (χ0n) is 12.7.